The lowest BCUT2D eigenvalue weighted by Crippen LogP contribution is -2.23. The fourth-order valence-electron chi connectivity index (χ4n) is 3.90. The fraction of sp³-hybridized carbons (Fsp3) is 0.304. The Morgan fingerprint density at radius 2 is 2.00 bits per heavy atom. The zero-order valence-corrected chi connectivity index (χ0v) is 20.4. The maximum atomic E-state index is 12.4. The van der Waals surface area contributed by atoms with Crippen molar-refractivity contribution in [2.45, 2.75) is 25.3 Å². The van der Waals surface area contributed by atoms with Crippen molar-refractivity contribution >= 4 is 34.1 Å². The SMILES string of the molecule is Cn1ccc(CNC(=O)c2nnc(N3CCC(c4ccc(NC(=O)Cc5ccccn5)nn4)C3)s2)n1. The lowest BCUT2D eigenvalue weighted by Gasteiger charge is -2.13. The van der Waals surface area contributed by atoms with E-state index in [-0.39, 0.29) is 24.2 Å². The second-order valence-corrected chi connectivity index (χ2v) is 9.33. The molecule has 0 saturated carbocycles. The molecule has 0 aromatic carbocycles. The number of pyridine rings is 1. The summed E-state index contributed by atoms with van der Waals surface area (Å²) in [4.78, 5) is 30.9. The summed E-state index contributed by atoms with van der Waals surface area (Å²) >= 11 is 1.26. The first kappa shape index (κ1) is 23.5. The number of nitrogens with one attached hydrogen (secondary N) is 2. The molecule has 1 aliphatic rings. The van der Waals surface area contributed by atoms with Crippen molar-refractivity contribution in [3.8, 4) is 0 Å². The molecule has 0 bridgehead atoms. The molecule has 12 nitrogen and oxygen atoms in total. The minimum absolute atomic E-state index is 0.168. The average molecular weight is 505 g/mol. The monoisotopic (exact) mass is 504 g/mol. The lowest BCUT2D eigenvalue weighted by molar-refractivity contribution is -0.115. The number of aryl methyl sites for hydroxylation is 1. The highest BCUT2D eigenvalue weighted by Crippen LogP contribution is 2.31. The zero-order chi connectivity index (χ0) is 24.9. The smallest absolute Gasteiger partial charge is 0.282 e. The van der Waals surface area contributed by atoms with Gasteiger partial charge in [-0.1, -0.05) is 17.4 Å². The molecule has 36 heavy (non-hydrogen) atoms. The minimum atomic E-state index is -0.272. The van der Waals surface area contributed by atoms with Gasteiger partial charge in [0, 0.05) is 44.1 Å². The van der Waals surface area contributed by atoms with Gasteiger partial charge in [-0.05, 0) is 36.8 Å². The number of aromatic nitrogens is 7. The predicted molar refractivity (Wildman–Crippen MR) is 132 cm³/mol. The van der Waals surface area contributed by atoms with E-state index in [1.165, 1.54) is 11.3 Å². The molecule has 1 saturated heterocycles. The van der Waals surface area contributed by atoms with Crippen LogP contribution >= 0.6 is 11.3 Å². The number of hydrogen-bond acceptors (Lipinski definition) is 10. The normalized spacial score (nSPS) is 15.1. The third-order valence-corrected chi connectivity index (χ3v) is 6.69. The Morgan fingerprint density at radius 3 is 2.75 bits per heavy atom. The van der Waals surface area contributed by atoms with Crippen molar-refractivity contribution < 1.29 is 9.59 Å². The molecule has 2 N–H and O–H groups in total. The third-order valence-electron chi connectivity index (χ3n) is 5.71. The van der Waals surface area contributed by atoms with Gasteiger partial charge in [-0.15, -0.1) is 15.3 Å². The molecular weight excluding hydrogens is 480 g/mol. The van der Waals surface area contributed by atoms with Crippen molar-refractivity contribution in [2.24, 2.45) is 7.05 Å². The number of carbonyl (C=O) groups excluding carboxylic acids is 2. The van der Waals surface area contributed by atoms with Crippen LogP contribution in [0.4, 0.5) is 10.9 Å². The minimum Gasteiger partial charge on any atom is -0.346 e. The van der Waals surface area contributed by atoms with Crippen molar-refractivity contribution in [3.63, 3.8) is 0 Å². The fourth-order valence-corrected chi connectivity index (χ4v) is 4.69. The van der Waals surface area contributed by atoms with Crippen LogP contribution in [0.2, 0.25) is 0 Å². The molecular formula is C23H24N10O2S. The molecule has 0 aliphatic carbocycles. The van der Waals surface area contributed by atoms with Gasteiger partial charge >= 0.3 is 0 Å². The van der Waals surface area contributed by atoms with Crippen LogP contribution in [0, 0.1) is 0 Å². The first-order chi connectivity index (χ1) is 17.5. The van der Waals surface area contributed by atoms with Gasteiger partial charge in [0.25, 0.3) is 5.91 Å². The van der Waals surface area contributed by atoms with Crippen LogP contribution in [0.5, 0.6) is 0 Å². The van der Waals surface area contributed by atoms with E-state index in [1.807, 2.05) is 37.5 Å². The van der Waals surface area contributed by atoms with Gasteiger partial charge in [0.1, 0.15) is 0 Å². The second kappa shape index (κ2) is 10.6. The van der Waals surface area contributed by atoms with E-state index >= 15 is 0 Å². The maximum Gasteiger partial charge on any atom is 0.282 e. The summed E-state index contributed by atoms with van der Waals surface area (Å²) in [6.07, 6.45) is 4.53. The number of amides is 2. The Hall–Kier alpha value is -4.26. The summed E-state index contributed by atoms with van der Waals surface area (Å²) < 4.78 is 1.69. The van der Waals surface area contributed by atoms with Crippen LogP contribution < -0.4 is 15.5 Å². The molecule has 1 atom stereocenters. The van der Waals surface area contributed by atoms with Gasteiger partial charge in [0.15, 0.2) is 5.82 Å². The predicted octanol–water partition coefficient (Wildman–Crippen LogP) is 1.56. The van der Waals surface area contributed by atoms with Crippen molar-refractivity contribution in [2.75, 3.05) is 23.3 Å². The van der Waals surface area contributed by atoms with Crippen molar-refractivity contribution in [1.29, 1.82) is 0 Å². The van der Waals surface area contributed by atoms with E-state index in [1.54, 1.807) is 23.0 Å². The van der Waals surface area contributed by atoms with Crippen molar-refractivity contribution in [1.82, 2.24) is 40.5 Å². The number of rotatable bonds is 8. The summed E-state index contributed by atoms with van der Waals surface area (Å²) in [6.45, 7) is 1.81. The van der Waals surface area contributed by atoms with Crippen LogP contribution in [-0.2, 0) is 24.8 Å². The Labute approximate surface area is 210 Å². The summed E-state index contributed by atoms with van der Waals surface area (Å²) in [5, 5.41) is 27.6. The van der Waals surface area contributed by atoms with E-state index in [0.717, 1.165) is 24.4 Å². The second-order valence-electron chi connectivity index (χ2n) is 8.37. The van der Waals surface area contributed by atoms with Gasteiger partial charge in [0.2, 0.25) is 16.0 Å². The van der Waals surface area contributed by atoms with Gasteiger partial charge in [0.05, 0.1) is 24.4 Å². The van der Waals surface area contributed by atoms with E-state index in [4.69, 9.17) is 0 Å². The summed E-state index contributed by atoms with van der Waals surface area (Å²) in [7, 11) is 1.83. The summed E-state index contributed by atoms with van der Waals surface area (Å²) in [5.74, 6) is 0.103. The highest BCUT2D eigenvalue weighted by atomic mass is 32.1. The zero-order valence-electron chi connectivity index (χ0n) is 19.5. The average Bonchev–Trinajstić information content (AvgIpc) is 3.64. The van der Waals surface area contributed by atoms with E-state index in [9.17, 15) is 9.59 Å². The largest absolute Gasteiger partial charge is 0.346 e. The topological polar surface area (TPSA) is 144 Å². The Morgan fingerprint density at radius 1 is 1.08 bits per heavy atom. The van der Waals surface area contributed by atoms with Gasteiger partial charge in [-0.3, -0.25) is 19.3 Å². The molecule has 4 aromatic heterocycles. The number of carbonyl (C=O) groups is 2. The van der Waals surface area contributed by atoms with Gasteiger partial charge < -0.3 is 15.5 Å². The van der Waals surface area contributed by atoms with E-state index in [2.05, 4.69) is 46.0 Å². The molecule has 1 unspecified atom stereocenters. The van der Waals surface area contributed by atoms with Gasteiger partial charge in [-0.25, -0.2) is 0 Å². The molecule has 13 heteroatoms. The molecule has 0 spiro atoms. The Bertz CT molecular complexity index is 1340. The molecule has 1 fully saturated rings. The third kappa shape index (κ3) is 5.68. The van der Waals surface area contributed by atoms with E-state index in [0.29, 0.717) is 34.7 Å². The molecule has 4 aromatic rings. The first-order valence-electron chi connectivity index (χ1n) is 11.4. The highest BCUT2D eigenvalue weighted by Gasteiger charge is 2.28. The van der Waals surface area contributed by atoms with E-state index < -0.39 is 0 Å². The number of hydrogen-bond donors (Lipinski definition) is 2. The van der Waals surface area contributed by atoms with Crippen molar-refractivity contribution in [3.05, 3.63) is 70.9 Å². The molecule has 5 rings (SSSR count). The molecule has 2 amide bonds. The molecule has 5 heterocycles. The number of anilines is 2. The maximum absolute atomic E-state index is 12.4. The highest BCUT2D eigenvalue weighted by molar-refractivity contribution is 7.17. The lowest BCUT2D eigenvalue weighted by atomic mass is 10.1. The standard InChI is InChI=1S/C23H24N10O2S/c1-32-10-8-17(31-32)13-25-21(35)22-29-30-23(36-22)33-11-7-15(14-33)18-5-6-19(28-27-18)26-20(34)12-16-4-2-3-9-24-16/h2-6,8-10,15H,7,11-14H2,1H3,(H,25,35)(H,26,28,34). The van der Waals surface area contributed by atoms with Crippen LogP contribution in [0.25, 0.3) is 0 Å². The molecule has 1 aliphatic heterocycles. The Balaban J connectivity index is 1.13. The van der Waals surface area contributed by atoms with Crippen LogP contribution in [0.15, 0.2) is 48.8 Å². The summed E-state index contributed by atoms with van der Waals surface area (Å²) in [5.41, 5.74) is 2.31. The number of nitrogens with zero attached hydrogens (tertiary/aromatic N) is 8. The summed E-state index contributed by atoms with van der Waals surface area (Å²) in [6, 6.07) is 10.9. The van der Waals surface area contributed by atoms with Crippen LogP contribution in [0.1, 0.15) is 39.2 Å². The molecule has 184 valence electrons. The quantitative estimate of drug-likeness (QED) is 0.365. The van der Waals surface area contributed by atoms with Crippen LogP contribution in [-0.4, -0.2) is 60.1 Å². The first-order valence-corrected chi connectivity index (χ1v) is 12.2. The Kier molecular flexibility index (Phi) is 6.89. The van der Waals surface area contributed by atoms with Crippen LogP contribution in [0.3, 0.4) is 0 Å². The molecule has 0 radical (unpaired) electrons. The van der Waals surface area contributed by atoms with Gasteiger partial charge in [-0.2, -0.15) is 10.2 Å².